The van der Waals surface area contributed by atoms with Crippen molar-refractivity contribution in [3.8, 4) is 0 Å². The quantitative estimate of drug-likeness (QED) is 0.707. The van der Waals surface area contributed by atoms with E-state index in [9.17, 15) is 9.59 Å². The normalized spacial score (nSPS) is 21.8. The van der Waals surface area contributed by atoms with Gasteiger partial charge in [0.15, 0.2) is 0 Å². The Balaban J connectivity index is 1.07. The first kappa shape index (κ1) is 21.9. The second-order valence-electron chi connectivity index (χ2n) is 9.99. The highest BCUT2D eigenvalue weighted by Crippen LogP contribution is 2.60. The summed E-state index contributed by atoms with van der Waals surface area (Å²) in [7, 11) is 0. The van der Waals surface area contributed by atoms with Gasteiger partial charge >= 0.3 is 0 Å². The molecule has 0 bridgehead atoms. The molecule has 3 heterocycles. The summed E-state index contributed by atoms with van der Waals surface area (Å²) in [5.41, 5.74) is 2.61. The maximum atomic E-state index is 13.2. The molecular weight excluding hydrogens is 412 g/mol. The Hall–Kier alpha value is -2.89. The van der Waals surface area contributed by atoms with Crippen LogP contribution in [0.4, 0.5) is 5.82 Å². The predicted octanol–water partition coefficient (Wildman–Crippen LogP) is 3.30. The fourth-order valence-electron chi connectivity index (χ4n) is 5.53. The molecular formula is C27H34N4O2. The van der Waals surface area contributed by atoms with Crippen molar-refractivity contribution < 1.29 is 9.59 Å². The minimum absolute atomic E-state index is 0.142. The number of anilines is 1. The SMILES string of the molecule is Cc1ccc(CCC(=O)N2CCC3(CC2)CC3C(=O)N2CCN(c3ccccn3)CC2)cc1. The van der Waals surface area contributed by atoms with Crippen molar-refractivity contribution >= 4 is 17.6 Å². The van der Waals surface area contributed by atoms with Crippen LogP contribution in [0.3, 0.4) is 0 Å². The second-order valence-corrected chi connectivity index (χ2v) is 9.99. The summed E-state index contributed by atoms with van der Waals surface area (Å²) < 4.78 is 0. The molecule has 174 valence electrons. The van der Waals surface area contributed by atoms with E-state index in [1.165, 1.54) is 11.1 Å². The van der Waals surface area contributed by atoms with Gasteiger partial charge in [0.25, 0.3) is 0 Å². The Bertz CT molecular complexity index is 975. The van der Waals surface area contributed by atoms with Crippen LogP contribution in [-0.4, -0.2) is 65.9 Å². The molecule has 1 aliphatic carbocycles. The number of rotatable bonds is 5. The van der Waals surface area contributed by atoms with Crippen LogP contribution in [0.25, 0.3) is 0 Å². The largest absolute Gasteiger partial charge is 0.353 e. The first-order chi connectivity index (χ1) is 16.0. The highest BCUT2D eigenvalue weighted by molar-refractivity contribution is 5.83. The van der Waals surface area contributed by atoms with E-state index in [4.69, 9.17) is 0 Å². The topological polar surface area (TPSA) is 56.8 Å². The number of carbonyl (C=O) groups is 2. The monoisotopic (exact) mass is 446 g/mol. The van der Waals surface area contributed by atoms with Crippen LogP contribution in [0.1, 0.15) is 36.8 Å². The lowest BCUT2D eigenvalue weighted by Gasteiger charge is -2.37. The smallest absolute Gasteiger partial charge is 0.226 e. The summed E-state index contributed by atoms with van der Waals surface area (Å²) in [6, 6.07) is 14.4. The van der Waals surface area contributed by atoms with Crippen molar-refractivity contribution in [3.05, 3.63) is 59.8 Å². The van der Waals surface area contributed by atoms with E-state index in [1.807, 2.05) is 29.3 Å². The van der Waals surface area contributed by atoms with Crippen LogP contribution >= 0.6 is 0 Å². The maximum absolute atomic E-state index is 13.2. The molecule has 0 radical (unpaired) electrons. The zero-order chi connectivity index (χ0) is 22.8. The highest BCUT2D eigenvalue weighted by Gasteiger charge is 2.59. The first-order valence-corrected chi connectivity index (χ1v) is 12.3. The van der Waals surface area contributed by atoms with Crippen molar-refractivity contribution in [2.75, 3.05) is 44.2 Å². The van der Waals surface area contributed by atoms with E-state index < -0.39 is 0 Å². The number of hydrogen-bond acceptors (Lipinski definition) is 4. The van der Waals surface area contributed by atoms with Crippen LogP contribution < -0.4 is 4.90 Å². The van der Waals surface area contributed by atoms with Crippen LogP contribution in [0, 0.1) is 18.3 Å². The molecule has 1 spiro atoms. The van der Waals surface area contributed by atoms with Gasteiger partial charge in [-0.2, -0.15) is 0 Å². The van der Waals surface area contributed by atoms with E-state index in [1.54, 1.807) is 0 Å². The van der Waals surface area contributed by atoms with Gasteiger partial charge in [-0.3, -0.25) is 9.59 Å². The van der Waals surface area contributed by atoms with Crippen LogP contribution in [0.5, 0.6) is 0 Å². The van der Waals surface area contributed by atoms with Gasteiger partial charge in [-0.15, -0.1) is 0 Å². The number of hydrogen-bond donors (Lipinski definition) is 0. The van der Waals surface area contributed by atoms with Gasteiger partial charge in [0.2, 0.25) is 11.8 Å². The van der Waals surface area contributed by atoms with Crippen LogP contribution in [0.15, 0.2) is 48.7 Å². The van der Waals surface area contributed by atoms with Crippen molar-refractivity contribution in [2.45, 2.75) is 39.0 Å². The Morgan fingerprint density at radius 3 is 2.33 bits per heavy atom. The van der Waals surface area contributed by atoms with E-state index in [-0.39, 0.29) is 17.2 Å². The number of pyridine rings is 1. The minimum atomic E-state index is 0.142. The number of piperidine rings is 1. The summed E-state index contributed by atoms with van der Waals surface area (Å²) in [4.78, 5) is 36.7. The van der Waals surface area contributed by atoms with Gasteiger partial charge in [-0.25, -0.2) is 4.98 Å². The number of carbonyl (C=O) groups excluding carboxylic acids is 2. The average molecular weight is 447 g/mol. The summed E-state index contributed by atoms with van der Waals surface area (Å²) in [5.74, 6) is 1.73. The lowest BCUT2D eigenvalue weighted by Crippen LogP contribution is -2.50. The molecule has 5 rings (SSSR count). The number of amides is 2. The molecule has 1 saturated carbocycles. The van der Waals surface area contributed by atoms with Gasteiger partial charge in [-0.05, 0) is 55.7 Å². The first-order valence-electron chi connectivity index (χ1n) is 12.3. The standard InChI is InChI=1S/C27H34N4O2/c1-21-5-7-22(8-6-21)9-10-25(32)30-14-11-27(12-15-30)20-23(27)26(33)31-18-16-29(17-19-31)24-4-2-3-13-28-24/h2-8,13,23H,9-12,14-20H2,1H3. The Labute approximate surface area is 196 Å². The predicted molar refractivity (Wildman–Crippen MR) is 129 cm³/mol. The fourth-order valence-corrected chi connectivity index (χ4v) is 5.53. The van der Waals surface area contributed by atoms with E-state index in [0.29, 0.717) is 12.3 Å². The van der Waals surface area contributed by atoms with E-state index >= 15 is 0 Å². The third kappa shape index (κ3) is 4.75. The minimum Gasteiger partial charge on any atom is -0.353 e. The molecule has 2 aliphatic heterocycles. The van der Waals surface area contributed by atoms with Gasteiger partial charge in [0.05, 0.1) is 0 Å². The molecule has 3 fully saturated rings. The molecule has 1 aromatic heterocycles. The number of nitrogens with zero attached hydrogens (tertiary/aromatic N) is 4. The summed E-state index contributed by atoms with van der Waals surface area (Å²) in [6.07, 6.45) is 6.12. The summed E-state index contributed by atoms with van der Waals surface area (Å²) in [5, 5.41) is 0. The number of piperazine rings is 1. The molecule has 33 heavy (non-hydrogen) atoms. The van der Waals surface area contributed by atoms with Crippen LogP contribution in [0.2, 0.25) is 0 Å². The summed E-state index contributed by atoms with van der Waals surface area (Å²) >= 11 is 0. The average Bonchev–Trinajstić information content (AvgIpc) is 3.57. The summed E-state index contributed by atoms with van der Waals surface area (Å²) in [6.45, 7) is 6.89. The lowest BCUT2D eigenvalue weighted by atomic mass is 9.90. The lowest BCUT2D eigenvalue weighted by molar-refractivity contribution is -0.134. The van der Waals surface area contributed by atoms with Crippen molar-refractivity contribution in [1.29, 1.82) is 0 Å². The number of benzene rings is 1. The van der Waals surface area contributed by atoms with Crippen molar-refractivity contribution in [2.24, 2.45) is 11.3 Å². The Morgan fingerprint density at radius 1 is 0.939 bits per heavy atom. The molecule has 2 aromatic rings. The Morgan fingerprint density at radius 2 is 1.67 bits per heavy atom. The second kappa shape index (κ2) is 9.16. The van der Waals surface area contributed by atoms with Gasteiger partial charge in [0, 0.05) is 57.8 Å². The molecule has 6 heteroatoms. The van der Waals surface area contributed by atoms with Gasteiger partial charge in [0.1, 0.15) is 5.82 Å². The number of aromatic nitrogens is 1. The molecule has 3 aliphatic rings. The molecule has 0 N–H and O–H groups in total. The third-order valence-electron chi connectivity index (χ3n) is 7.91. The highest BCUT2D eigenvalue weighted by atomic mass is 16.2. The molecule has 2 saturated heterocycles. The van der Waals surface area contributed by atoms with E-state index in [2.05, 4.69) is 46.0 Å². The number of aryl methyl sites for hydroxylation is 2. The maximum Gasteiger partial charge on any atom is 0.226 e. The zero-order valence-electron chi connectivity index (χ0n) is 19.6. The Kier molecular flexibility index (Phi) is 6.09. The number of likely N-dealkylation sites (tertiary alicyclic amines) is 1. The van der Waals surface area contributed by atoms with E-state index in [0.717, 1.165) is 70.8 Å². The molecule has 1 unspecified atom stereocenters. The molecule has 2 amide bonds. The zero-order valence-corrected chi connectivity index (χ0v) is 19.6. The van der Waals surface area contributed by atoms with Gasteiger partial charge < -0.3 is 14.7 Å². The van der Waals surface area contributed by atoms with Crippen LogP contribution in [-0.2, 0) is 16.0 Å². The molecule has 6 nitrogen and oxygen atoms in total. The fraction of sp³-hybridized carbons (Fsp3) is 0.519. The van der Waals surface area contributed by atoms with Crippen molar-refractivity contribution in [3.63, 3.8) is 0 Å². The van der Waals surface area contributed by atoms with Crippen molar-refractivity contribution in [1.82, 2.24) is 14.8 Å². The van der Waals surface area contributed by atoms with Gasteiger partial charge in [-0.1, -0.05) is 35.9 Å². The third-order valence-corrected chi connectivity index (χ3v) is 7.91. The molecule has 1 atom stereocenters. The molecule has 1 aromatic carbocycles.